The zero-order chi connectivity index (χ0) is 13.1. The third kappa shape index (κ3) is 2.69. The van der Waals surface area contributed by atoms with Crippen LogP contribution in [-0.2, 0) is 4.79 Å². The maximum absolute atomic E-state index is 11.7. The summed E-state index contributed by atoms with van der Waals surface area (Å²) in [7, 11) is 1.67. The summed E-state index contributed by atoms with van der Waals surface area (Å²) in [6, 6.07) is 1.76. The Labute approximate surface area is 107 Å². The van der Waals surface area contributed by atoms with Crippen LogP contribution in [0.15, 0.2) is 6.07 Å². The maximum Gasteiger partial charge on any atom is 0.224 e. The van der Waals surface area contributed by atoms with Gasteiger partial charge in [0.2, 0.25) is 5.91 Å². The molecule has 1 aromatic rings. The zero-order valence-corrected chi connectivity index (χ0v) is 10.8. The largest absolute Gasteiger partial charge is 0.384 e. The lowest BCUT2D eigenvalue weighted by atomic mass is 9.97. The number of aryl methyl sites for hydroxylation is 1. The van der Waals surface area contributed by atoms with Crippen molar-refractivity contribution in [2.24, 2.45) is 5.92 Å². The Morgan fingerprint density at radius 3 is 3.00 bits per heavy atom. The Balaban J connectivity index is 2.15. The molecule has 2 heterocycles. The molecule has 0 spiro atoms. The molecule has 0 bridgehead atoms. The van der Waals surface area contributed by atoms with E-state index in [4.69, 9.17) is 5.73 Å². The number of carbonyl (C=O) groups is 1. The number of nitrogen functional groups attached to an aromatic ring is 1. The molecule has 2 rings (SSSR count). The van der Waals surface area contributed by atoms with E-state index in [2.05, 4.69) is 20.2 Å². The van der Waals surface area contributed by atoms with Crippen LogP contribution >= 0.6 is 0 Å². The highest BCUT2D eigenvalue weighted by atomic mass is 16.1. The summed E-state index contributed by atoms with van der Waals surface area (Å²) in [5, 5.41) is 2.71. The van der Waals surface area contributed by atoms with Gasteiger partial charge in [-0.1, -0.05) is 0 Å². The summed E-state index contributed by atoms with van der Waals surface area (Å²) in [5.74, 6) is 2.07. The number of nitrogens with two attached hydrogens (primary N) is 1. The Bertz CT molecular complexity index is 428. The molecule has 0 radical (unpaired) electrons. The SMILES string of the molecule is CNC(=O)C1CCCN(c2cc(N)nc(C)n2)C1. The summed E-state index contributed by atoms with van der Waals surface area (Å²) < 4.78 is 0. The molecule has 6 nitrogen and oxygen atoms in total. The number of amides is 1. The van der Waals surface area contributed by atoms with Gasteiger partial charge in [0.25, 0.3) is 0 Å². The van der Waals surface area contributed by atoms with Gasteiger partial charge in [-0.15, -0.1) is 0 Å². The molecule has 0 aromatic carbocycles. The van der Waals surface area contributed by atoms with Crippen molar-refractivity contribution in [2.45, 2.75) is 19.8 Å². The van der Waals surface area contributed by atoms with Crippen LogP contribution in [0, 0.1) is 12.8 Å². The van der Waals surface area contributed by atoms with Crippen LogP contribution in [0.3, 0.4) is 0 Å². The van der Waals surface area contributed by atoms with Gasteiger partial charge in [-0.25, -0.2) is 9.97 Å². The number of rotatable bonds is 2. The highest BCUT2D eigenvalue weighted by Gasteiger charge is 2.26. The van der Waals surface area contributed by atoms with Crippen LogP contribution in [0.5, 0.6) is 0 Å². The quantitative estimate of drug-likeness (QED) is 0.789. The second-order valence-electron chi connectivity index (χ2n) is 4.60. The summed E-state index contributed by atoms with van der Waals surface area (Å²) in [4.78, 5) is 22.2. The molecule has 3 N–H and O–H groups in total. The minimum atomic E-state index is 0.0280. The van der Waals surface area contributed by atoms with Gasteiger partial charge in [-0.2, -0.15) is 0 Å². The molecule has 1 aliphatic heterocycles. The molecule has 1 atom stereocenters. The van der Waals surface area contributed by atoms with Gasteiger partial charge in [0.05, 0.1) is 5.92 Å². The first-order valence-corrected chi connectivity index (χ1v) is 6.18. The van der Waals surface area contributed by atoms with E-state index >= 15 is 0 Å². The van der Waals surface area contributed by atoms with Crippen LogP contribution in [-0.4, -0.2) is 36.0 Å². The Kier molecular flexibility index (Phi) is 3.64. The molecule has 1 fully saturated rings. The number of hydrogen-bond donors (Lipinski definition) is 2. The summed E-state index contributed by atoms with van der Waals surface area (Å²) in [6.07, 6.45) is 1.91. The van der Waals surface area contributed by atoms with Crippen molar-refractivity contribution >= 4 is 17.5 Å². The molecule has 18 heavy (non-hydrogen) atoms. The van der Waals surface area contributed by atoms with Crippen molar-refractivity contribution in [3.05, 3.63) is 11.9 Å². The van der Waals surface area contributed by atoms with Crippen molar-refractivity contribution in [3.63, 3.8) is 0 Å². The third-order valence-corrected chi connectivity index (χ3v) is 3.21. The standard InChI is InChI=1S/C12H19N5O/c1-8-15-10(13)6-11(16-8)17-5-3-4-9(7-17)12(18)14-2/h6,9H,3-5,7H2,1-2H3,(H,14,18)(H2,13,15,16). The fraction of sp³-hybridized carbons (Fsp3) is 0.583. The Hall–Kier alpha value is -1.85. The summed E-state index contributed by atoms with van der Waals surface area (Å²) in [5.41, 5.74) is 5.73. The monoisotopic (exact) mass is 249 g/mol. The van der Waals surface area contributed by atoms with Gasteiger partial charge in [0.15, 0.2) is 0 Å². The predicted octanol–water partition coefficient (Wildman–Crippen LogP) is 0.330. The van der Waals surface area contributed by atoms with E-state index in [1.54, 1.807) is 13.1 Å². The lowest BCUT2D eigenvalue weighted by molar-refractivity contribution is -0.124. The average Bonchev–Trinajstić information content (AvgIpc) is 2.37. The fourth-order valence-electron chi connectivity index (χ4n) is 2.34. The van der Waals surface area contributed by atoms with E-state index in [0.717, 1.165) is 25.2 Å². The number of nitrogens with one attached hydrogen (secondary N) is 1. The van der Waals surface area contributed by atoms with Crippen LogP contribution < -0.4 is 16.0 Å². The second-order valence-corrected chi connectivity index (χ2v) is 4.60. The van der Waals surface area contributed by atoms with Gasteiger partial charge in [0.1, 0.15) is 17.5 Å². The summed E-state index contributed by atoms with van der Waals surface area (Å²) >= 11 is 0. The van der Waals surface area contributed by atoms with Gasteiger partial charge < -0.3 is 16.0 Å². The van der Waals surface area contributed by atoms with E-state index in [9.17, 15) is 4.79 Å². The topological polar surface area (TPSA) is 84.1 Å². The van der Waals surface area contributed by atoms with Crippen LogP contribution in [0.25, 0.3) is 0 Å². The van der Waals surface area contributed by atoms with Crippen LogP contribution in [0.2, 0.25) is 0 Å². The molecule has 1 aromatic heterocycles. The van der Waals surface area contributed by atoms with Gasteiger partial charge in [0, 0.05) is 26.2 Å². The first kappa shape index (κ1) is 12.6. The van der Waals surface area contributed by atoms with E-state index in [1.165, 1.54) is 0 Å². The molecular weight excluding hydrogens is 230 g/mol. The zero-order valence-electron chi connectivity index (χ0n) is 10.8. The van der Waals surface area contributed by atoms with E-state index in [0.29, 0.717) is 18.2 Å². The first-order chi connectivity index (χ1) is 8.60. The van der Waals surface area contributed by atoms with E-state index < -0.39 is 0 Å². The maximum atomic E-state index is 11.7. The number of aromatic nitrogens is 2. The number of hydrogen-bond acceptors (Lipinski definition) is 5. The molecule has 0 saturated carbocycles. The molecule has 6 heteroatoms. The Morgan fingerprint density at radius 1 is 1.56 bits per heavy atom. The van der Waals surface area contributed by atoms with Crippen molar-refractivity contribution in [1.82, 2.24) is 15.3 Å². The van der Waals surface area contributed by atoms with Crippen molar-refractivity contribution < 1.29 is 4.79 Å². The number of anilines is 2. The van der Waals surface area contributed by atoms with Crippen molar-refractivity contribution in [3.8, 4) is 0 Å². The molecule has 1 amide bonds. The van der Waals surface area contributed by atoms with E-state index in [-0.39, 0.29) is 11.8 Å². The third-order valence-electron chi connectivity index (χ3n) is 3.21. The smallest absolute Gasteiger partial charge is 0.224 e. The lowest BCUT2D eigenvalue weighted by Gasteiger charge is -2.32. The van der Waals surface area contributed by atoms with Crippen molar-refractivity contribution in [1.29, 1.82) is 0 Å². The molecular formula is C12H19N5O. The highest BCUT2D eigenvalue weighted by molar-refractivity contribution is 5.79. The molecule has 98 valence electrons. The molecule has 0 aliphatic carbocycles. The number of piperidine rings is 1. The van der Waals surface area contributed by atoms with E-state index in [1.807, 2.05) is 6.92 Å². The minimum absolute atomic E-state index is 0.0280. The van der Waals surface area contributed by atoms with Crippen LogP contribution in [0.1, 0.15) is 18.7 Å². The summed E-state index contributed by atoms with van der Waals surface area (Å²) in [6.45, 7) is 3.42. The minimum Gasteiger partial charge on any atom is -0.384 e. The molecule has 1 aliphatic rings. The average molecular weight is 249 g/mol. The fourth-order valence-corrected chi connectivity index (χ4v) is 2.34. The van der Waals surface area contributed by atoms with Crippen LogP contribution in [0.4, 0.5) is 11.6 Å². The van der Waals surface area contributed by atoms with Gasteiger partial charge >= 0.3 is 0 Å². The van der Waals surface area contributed by atoms with Crippen molar-refractivity contribution in [2.75, 3.05) is 30.8 Å². The lowest BCUT2D eigenvalue weighted by Crippen LogP contribution is -2.42. The highest BCUT2D eigenvalue weighted by Crippen LogP contribution is 2.22. The normalized spacial score (nSPS) is 19.7. The van der Waals surface area contributed by atoms with Gasteiger partial charge in [-0.05, 0) is 19.8 Å². The Morgan fingerprint density at radius 2 is 2.33 bits per heavy atom. The second kappa shape index (κ2) is 5.20. The number of nitrogens with zero attached hydrogens (tertiary/aromatic N) is 3. The molecule has 1 saturated heterocycles. The predicted molar refractivity (Wildman–Crippen MR) is 70.2 cm³/mol. The van der Waals surface area contributed by atoms with Gasteiger partial charge in [-0.3, -0.25) is 4.79 Å². The number of carbonyl (C=O) groups excluding carboxylic acids is 1. The first-order valence-electron chi connectivity index (χ1n) is 6.18. The molecule has 1 unspecified atom stereocenters.